The highest BCUT2D eigenvalue weighted by Crippen LogP contribution is 2.31. The van der Waals surface area contributed by atoms with Gasteiger partial charge >= 0.3 is 0 Å². The summed E-state index contributed by atoms with van der Waals surface area (Å²) in [5.41, 5.74) is 0. The zero-order chi connectivity index (χ0) is 21.8. The molecule has 0 aromatic heterocycles. The maximum Gasteiger partial charge on any atom is 0.245 e. The lowest BCUT2D eigenvalue weighted by atomic mass is 9.99. The molecule has 7 heteroatoms. The van der Waals surface area contributed by atoms with E-state index in [1.54, 1.807) is 9.80 Å². The number of hydrogen-bond acceptors (Lipinski definition) is 5. The molecular formula is C23H39N3O4. The number of aliphatic hydroxyl groups is 1. The number of likely N-dealkylation sites (tertiary alicyclic amines) is 3. The largest absolute Gasteiger partial charge is 0.376 e. The summed E-state index contributed by atoms with van der Waals surface area (Å²) in [5, 5.41) is 11.2. The summed E-state index contributed by atoms with van der Waals surface area (Å²) >= 11 is 0. The van der Waals surface area contributed by atoms with Crippen LogP contribution in [0.25, 0.3) is 0 Å². The van der Waals surface area contributed by atoms with Gasteiger partial charge in [0.2, 0.25) is 11.8 Å². The van der Waals surface area contributed by atoms with Crippen molar-refractivity contribution in [2.45, 2.75) is 103 Å². The first-order valence-electron chi connectivity index (χ1n) is 11.9. The van der Waals surface area contributed by atoms with Crippen molar-refractivity contribution >= 4 is 17.6 Å². The Morgan fingerprint density at radius 1 is 0.933 bits per heavy atom. The second-order valence-electron chi connectivity index (χ2n) is 9.46. The van der Waals surface area contributed by atoms with Crippen LogP contribution in [0.1, 0.15) is 78.6 Å². The van der Waals surface area contributed by atoms with E-state index in [-0.39, 0.29) is 35.6 Å². The van der Waals surface area contributed by atoms with Crippen LogP contribution < -0.4 is 0 Å². The molecule has 3 heterocycles. The minimum Gasteiger partial charge on any atom is -0.376 e. The van der Waals surface area contributed by atoms with Crippen LogP contribution in [-0.4, -0.2) is 81.4 Å². The smallest absolute Gasteiger partial charge is 0.245 e. The van der Waals surface area contributed by atoms with E-state index >= 15 is 0 Å². The molecule has 0 aromatic rings. The van der Waals surface area contributed by atoms with Gasteiger partial charge in [-0.3, -0.25) is 19.3 Å². The predicted octanol–water partition coefficient (Wildman–Crippen LogP) is 2.17. The first-order valence-corrected chi connectivity index (χ1v) is 11.9. The van der Waals surface area contributed by atoms with Gasteiger partial charge in [-0.25, -0.2) is 0 Å². The monoisotopic (exact) mass is 421 g/mol. The number of nitrogens with zero attached hydrogens (tertiary/aromatic N) is 3. The van der Waals surface area contributed by atoms with E-state index in [0.29, 0.717) is 32.5 Å². The van der Waals surface area contributed by atoms with Crippen molar-refractivity contribution < 1.29 is 19.5 Å². The van der Waals surface area contributed by atoms with Gasteiger partial charge in [0.1, 0.15) is 12.3 Å². The average Bonchev–Trinajstić information content (AvgIpc) is 3.49. The Hall–Kier alpha value is -1.47. The maximum atomic E-state index is 13.4. The molecule has 0 spiro atoms. The normalized spacial score (nSPS) is 28.5. The molecule has 3 saturated heterocycles. The summed E-state index contributed by atoms with van der Waals surface area (Å²) in [6.45, 7) is 7.82. The second-order valence-corrected chi connectivity index (χ2v) is 9.46. The average molecular weight is 422 g/mol. The van der Waals surface area contributed by atoms with Gasteiger partial charge in [-0.2, -0.15) is 0 Å². The number of carbonyl (C=O) groups is 3. The third-order valence-corrected chi connectivity index (χ3v) is 7.06. The van der Waals surface area contributed by atoms with Crippen LogP contribution in [-0.2, 0) is 14.4 Å². The van der Waals surface area contributed by atoms with Crippen LogP contribution >= 0.6 is 0 Å². The third-order valence-electron chi connectivity index (χ3n) is 7.06. The fourth-order valence-corrected chi connectivity index (χ4v) is 5.38. The van der Waals surface area contributed by atoms with Crippen LogP contribution in [0.2, 0.25) is 0 Å². The molecule has 0 saturated carbocycles. The second kappa shape index (κ2) is 10.2. The summed E-state index contributed by atoms with van der Waals surface area (Å²) in [6.07, 6.45) is 6.30. The van der Waals surface area contributed by atoms with E-state index in [2.05, 4.69) is 6.92 Å². The minimum atomic E-state index is -0.822. The topological polar surface area (TPSA) is 81.2 Å². The van der Waals surface area contributed by atoms with E-state index in [9.17, 15) is 19.5 Å². The Kier molecular flexibility index (Phi) is 7.91. The number of unbranched alkanes of at least 4 members (excludes halogenated alkanes) is 1. The summed E-state index contributed by atoms with van der Waals surface area (Å²) in [7, 11) is 0. The van der Waals surface area contributed by atoms with E-state index in [0.717, 1.165) is 44.9 Å². The van der Waals surface area contributed by atoms with Gasteiger partial charge in [0.15, 0.2) is 5.78 Å². The van der Waals surface area contributed by atoms with E-state index in [4.69, 9.17) is 0 Å². The summed E-state index contributed by atoms with van der Waals surface area (Å²) < 4.78 is 0. The number of carbonyl (C=O) groups excluding carboxylic acids is 3. The molecular weight excluding hydrogens is 382 g/mol. The molecule has 4 atom stereocenters. The number of hydrogen-bond donors (Lipinski definition) is 1. The van der Waals surface area contributed by atoms with E-state index in [1.165, 1.54) is 0 Å². The van der Waals surface area contributed by atoms with Gasteiger partial charge in [-0.05, 0) is 44.9 Å². The van der Waals surface area contributed by atoms with Crippen LogP contribution in [0.15, 0.2) is 0 Å². The quantitative estimate of drug-likeness (QED) is 0.650. The maximum absolute atomic E-state index is 13.4. The van der Waals surface area contributed by atoms with Crippen molar-refractivity contribution in [3.8, 4) is 0 Å². The lowest BCUT2D eigenvalue weighted by Crippen LogP contribution is -2.57. The summed E-state index contributed by atoms with van der Waals surface area (Å²) in [6, 6.07) is -0.948. The predicted molar refractivity (Wildman–Crippen MR) is 115 cm³/mol. The Morgan fingerprint density at radius 2 is 1.57 bits per heavy atom. The molecule has 3 aliphatic heterocycles. The van der Waals surface area contributed by atoms with Gasteiger partial charge in [0.25, 0.3) is 0 Å². The van der Waals surface area contributed by atoms with Gasteiger partial charge < -0.3 is 14.9 Å². The standard InChI is InChI=1S/C23H39N3O4/c1-4-5-12-20(27)24-13-7-10-18(24)22(29)26-15-8-11-19(26)23(30)25-14-6-9-17(25)21(28)16(2)3/h16-19,23,30H,4-15H2,1-3H3. The van der Waals surface area contributed by atoms with Gasteiger partial charge in [0, 0.05) is 32.0 Å². The fraction of sp³-hybridized carbons (Fsp3) is 0.870. The molecule has 2 amide bonds. The van der Waals surface area contributed by atoms with Crippen LogP contribution in [0.3, 0.4) is 0 Å². The first-order chi connectivity index (χ1) is 14.4. The molecule has 1 N–H and O–H groups in total. The Labute approximate surface area is 180 Å². The highest BCUT2D eigenvalue weighted by molar-refractivity contribution is 5.89. The molecule has 0 radical (unpaired) electrons. The lowest BCUT2D eigenvalue weighted by Gasteiger charge is -2.38. The molecule has 30 heavy (non-hydrogen) atoms. The lowest BCUT2D eigenvalue weighted by molar-refractivity contribution is -0.149. The van der Waals surface area contributed by atoms with Crippen LogP contribution in [0, 0.1) is 5.92 Å². The van der Waals surface area contributed by atoms with Gasteiger partial charge in [0.05, 0.1) is 12.1 Å². The Bertz CT molecular complexity index is 638. The number of Topliss-reactive ketones (excluding diaryl/α,β-unsaturated/α-hetero) is 1. The number of amides is 2. The highest BCUT2D eigenvalue weighted by atomic mass is 16.3. The van der Waals surface area contributed by atoms with Gasteiger partial charge in [-0.1, -0.05) is 27.2 Å². The number of ketones is 1. The highest BCUT2D eigenvalue weighted by Gasteiger charge is 2.45. The zero-order valence-corrected chi connectivity index (χ0v) is 18.9. The molecule has 0 bridgehead atoms. The molecule has 4 unspecified atom stereocenters. The minimum absolute atomic E-state index is 0.0233. The Balaban J connectivity index is 1.69. The molecule has 170 valence electrons. The number of aliphatic hydroxyl groups excluding tert-OH is 1. The third kappa shape index (κ3) is 4.72. The van der Waals surface area contributed by atoms with Crippen molar-refractivity contribution in [1.29, 1.82) is 0 Å². The molecule has 0 aromatic carbocycles. The van der Waals surface area contributed by atoms with E-state index < -0.39 is 12.3 Å². The fourth-order valence-electron chi connectivity index (χ4n) is 5.38. The van der Waals surface area contributed by atoms with Crippen molar-refractivity contribution in [2.75, 3.05) is 19.6 Å². The van der Waals surface area contributed by atoms with Crippen molar-refractivity contribution in [2.24, 2.45) is 5.92 Å². The summed E-state index contributed by atoms with van der Waals surface area (Å²) in [4.78, 5) is 44.1. The van der Waals surface area contributed by atoms with Gasteiger partial charge in [-0.15, -0.1) is 0 Å². The van der Waals surface area contributed by atoms with Crippen molar-refractivity contribution in [1.82, 2.24) is 14.7 Å². The molecule has 0 aliphatic carbocycles. The van der Waals surface area contributed by atoms with Crippen molar-refractivity contribution in [3.63, 3.8) is 0 Å². The SMILES string of the molecule is CCCCC(=O)N1CCCC1C(=O)N1CCCC1C(O)N1CCCC1C(=O)C(C)C. The molecule has 7 nitrogen and oxygen atoms in total. The summed E-state index contributed by atoms with van der Waals surface area (Å²) in [5.74, 6) is 0.159. The van der Waals surface area contributed by atoms with E-state index in [1.807, 2.05) is 18.7 Å². The zero-order valence-electron chi connectivity index (χ0n) is 18.9. The molecule has 3 aliphatic rings. The Morgan fingerprint density at radius 3 is 2.27 bits per heavy atom. The molecule has 3 fully saturated rings. The van der Waals surface area contributed by atoms with Crippen LogP contribution in [0.5, 0.6) is 0 Å². The van der Waals surface area contributed by atoms with Crippen molar-refractivity contribution in [3.05, 3.63) is 0 Å². The first kappa shape index (κ1) is 23.2. The van der Waals surface area contributed by atoms with Crippen LogP contribution in [0.4, 0.5) is 0 Å². The number of rotatable bonds is 8. The molecule has 3 rings (SSSR count).